The number of imide groups is 1. The Bertz CT molecular complexity index is 559. The number of likely N-dealkylation sites (N-methyl/N-ethyl adjacent to an activating group) is 1. The van der Waals surface area contributed by atoms with Crippen molar-refractivity contribution >= 4 is 28.7 Å². The molecule has 106 valence electrons. The number of thiophene rings is 1. The lowest BCUT2D eigenvalue weighted by molar-refractivity contribution is -0.137. The number of ether oxygens (including phenoxy) is 1. The molecule has 3 heterocycles. The Labute approximate surface area is 121 Å². The average molecular weight is 292 g/mol. The van der Waals surface area contributed by atoms with Crippen LogP contribution in [0.15, 0.2) is 23.2 Å². The molecular formula is C14H16N2O3S. The maximum Gasteiger partial charge on any atom is 0.277 e. The van der Waals surface area contributed by atoms with Crippen molar-refractivity contribution in [1.29, 1.82) is 0 Å². The van der Waals surface area contributed by atoms with E-state index in [1.54, 1.807) is 0 Å². The number of nitrogens with zero attached hydrogens (tertiary/aromatic N) is 2. The zero-order valence-corrected chi connectivity index (χ0v) is 12.1. The zero-order valence-electron chi connectivity index (χ0n) is 11.3. The predicted molar refractivity (Wildman–Crippen MR) is 76.0 cm³/mol. The van der Waals surface area contributed by atoms with Gasteiger partial charge in [0.05, 0.1) is 18.8 Å². The molecule has 2 amide bonds. The van der Waals surface area contributed by atoms with Gasteiger partial charge in [-0.25, -0.2) is 0 Å². The first-order valence-electron chi connectivity index (χ1n) is 6.71. The van der Waals surface area contributed by atoms with Crippen LogP contribution < -0.4 is 0 Å². The fraction of sp³-hybridized carbons (Fsp3) is 0.429. The number of rotatable bonds is 3. The number of carbonyl (C=O) groups excluding carboxylic acids is 2. The highest BCUT2D eigenvalue weighted by molar-refractivity contribution is 7.11. The monoisotopic (exact) mass is 292 g/mol. The van der Waals surface area contributed by atoms with E-state index in [4.69, 9.17) is 4.74 Å². The molecule has 0 aromatic carbocycles. The highest BCUT2D eigenvalue weighted by Crippen LogP contribution is 2.33. The Kier molecular flexibility index (Phi) is 3.58. The highest BCUT2D eigenvalue weighted by Gasteiger charge is 2.41. The number of morpholine rings is 1. The third-order valence-electron chi connectivity index (χ3n) is 3.55. The number of amides is 2. The molecule has 0 spiro atoms. The maximum absolute atomic E-state index is 12.5. The number of carbonyl (C=O) groups is 2. The molecule has 1 aromatic rings. The lowest BCUT2D eigenvalue weighted by atomic mass is 10.1. The van der Waals surface area contributed by atoms with Crippen LogP contribution in [0.5, 0.6) is 0 Å². The molecule has 0 atom stereocenters. The van der Waals surface area contributed by atoms with Crippen LogP contribution in [-0.4, -0.2) is 54.5 Å². The Balaban J connectivity index is 2.06. The first kappa shape index (κ1) is 13.3. The summed E-state index contributed by atoms with van der Waals surface area (Å²) in [5.41, 5.74) is 1.09. The normalized spacial score (nSPS) is 20.2. The number of hydrogen-bond acceptors (Lipinski definition) is 5. The summed E-state index contributed by atoms with van der Waals surface area (Å²) in [5.74, 6) is -0.357. The minimum Gasteiger partial charge on any atom is -0.378 e. The van der Waals surface area contributed by atoms with Crippen molar-refractivity contribution in [1.82, 2.24) is 9.80 Å². The first-order valence-corrected chi connectivity index (χ1v) is 7.59. The standard InChI is InChI=1S/C14H16N2O3S/c1-2-16-13(17)11(10-4-3-9-20-10)12(14(16)18)15-5-7-19-8-6-15/h3-4,9H,2,5-8H2,1H3. The summed E-state index contributed by atoms with van der Waals surface area (Å²) >= 11 is 1.49. The van der Waals surface area contributed by atoms with Gasteiger partial charge in [-0.3, -0.25) is 14.5 Å². The molecule has 2 aliphatic rings. The maximum atomic E-state index is 12.5. The molecule has 0 aliphatic carbocycles. The predicted octanol–water partition coefficient (Wildman–Crippen LogP) is 1.18. The molecular weight excluding hydrogens is 276 g/mol. The van der Waals surface area contributed by atoms with Gasteiger partial charge >= 0.3 is 0 Å². The fourth-order valence-corrected chi connectivity index (χ4v) is 3.34. The molecule has 20 heavy (non-hydrogen) atoms. The average Bonchev–Trinajstić information content (AvgIpc) is 3.06. The lowest BCUT2D eigenvalue weighted by Gasteiger charge is -2.29. The molecule has 0 bridgehead atoms. The highest BCUT2D eigenvalue weighted by atomic mass is 32.1. The van der Waals surface area contributed by atoms with Crippen LogP contribution in [0.4, 0.5) is 0 Å². The van der Waals surface area contributed by atoms with Gasteiger partial charge in [0, 0.05) is 24.5 Å². The van der Waals surface area contributed by atoms with Crippen molar-refractivity contribution in [2.45, 2.75) is 6.92 Å². The van der Waals surface area contributed by atoms with E-state index >= 15 is 0 Å². The molecule has 0 radical (unpaired) electrons. The van der Waals surface area contributed by atoms with Gasteiger partial charge in [0.15, 0.2) is 0 Å². The van der Waals surface area contributed by atoms with Crippen molar-refractivity contribution in [3.8, 4) is 0 Å². The van der Waals surface area contributed by atoms with Gasteiger partial charge in [-0.1, -0.05) is 6.07 Å². The van der Waals surface area contributed by atoms with Gasteiger partial charge in [0.2, 0.25) is 0 Å². The van der Waals surface area contributed by atoms with Crippen LogP contribution in [0.3, 0.4) is 0 Å². The molecule has 0 unspecified atom stereocenters. The van der Waals surface area contributed by atoms with Gasteiger partial charge in [-0.2, -0.15) is 0 Å². The second-order valence-corrected chi connectivity index (χ2v) is 5.60. The molecule has 2 aliphatic heterocycles. The van der Waals surface area contributed by atoms with Crippen LogP contribution in [-0.2, 0) is 14.3 Å². The van der Waals surface area contributed by atoms with E-state index in [0.717, 1.165) is 4.88 Å². The molecule has 5 nitrogen and oxygen atoms in total. The summed E-state index contributed by atoms with van der Waals surface area (Å²) in [6, 6.07) is 3.79. The number of hydrogen-bond donors (Lipinski definition) is 0. The minimum atomic E-state index is -0.179. The molecule has 1 fully saturated rings. The summed E-state index contributed by atoms with van der Waals surface area (Å²) in [5, 5.41) is 1.92. The van der Waals surface area contributed by atoms with Crippen molar-refractivity contribution in [3.05, 3.63) is 28.1 Å². The quantitative estimate of drug-likeness (QED) is 0.785. The van der Waals surface area contributed by atoms with E-state index in [1.807, 2.05) is 29.3 Å². The Morgan fingerprint density at radius 2 is 2.00 bits per heavy atom. The summed E-state index contributed by atoms with van der Waals surface area (Å²) in [6.45, 7) is 4.72. The van der Waals surface area contributed by atoms with E-state index in [1.165, 1.54) is 16.2 Å². The van der Waals surface area contributed by atoms with Crippen LogP contribution in [0.2, 0.25) is 0 Å². The molecule has 1 saturated heterocycles. The Morgan fingerprint density at radius 3 is 2.60 bits per heavy atom. The second kappa shape index (κ2) is 5.38. The van der Waals surface area contributed by atoms with E-state index in [9.17, 15) is 9.59 Å². The van der Waals surface area contributed by atoms with Crippen molar-refractivity contribution < 1.29 is 14.3 Å². The summed E-state index contributed by atoms with van der Waals surface area (Å²) in [4.78, 5) is 29.2. The van der Waals surface area contributed by atoms with Crippen LogP contribution in [0.1, 0.15) is 11.8 Å². The van der Waals surface area contributed by atoms with E-state index in [2.05, 4.69) is 0 Å². The first-order chi connectivity index (χ1) is 9.74. The molecule has 0 saturated carbocycles. The zero-order chi connectivity index (χ0) is 14.1. The third kappa shape index (κ3) is 2.05. The van der Waals surface area contributed by atoms with Gasteiger partial charge in [-0.05, 0) is 18.4 Å². The van der Waals surface area contributed by atoms with Crippen LogP contribution >= 0.6 is 11.3 Å². The largest absolute Gasteiger partial charge is 0.378 e. The summed E-state index contributed by atoms with van der Waals surface area (Å²) in [7, 11) is 0. The van der Waals surface area contributed by atoms with E-state index < -0.39 is 0 Å². The van der Waals surface area contributed by atoms with Gasteiger partial charge < -0.3 is 9.64 Å². The summed E-state index contributed by atoms with van der Waals surface area (Å²) < 4.78 is 5.33. The minimum absolute atomic E-state index is 0.178. The lowest BCUT2D eigenvalue weighted by Crippen LogP contribution is -2.40. The molecule has 6 heteroatoms. The van der Waals surface area contributed by atoms with E-state index in [-0.39, 0.29) is 11.8 Å². The van der Waals surface area contributed by atoms with Gasteiger partial charge in [0.25, 0.3) is 11.8 Å². The third-order valence-corrected chi connectivity index (χ3v) is 4.44. The smallest absolute Gasteiger partial charge is 0.277 e. The van der Waals surface area contributed by atoms with Gasteiger partial charge in [0.1, 0.15) is 5.70 Å². The Morgan fingerprint density at radius 1 is 1.25 bits per heavy atom. The second-order valence-electron chi connectivity index (χ2n) is 4.65. The van der Waals surface area contributed by atoms with Crippen LogP contribution in [0, 0.1) is 0 Å². The fourth-order valence-electron chi connectivity index (χ4n) is 2.57. The summed E-state index contributed by atoms with van der Waals surface area (Å²) in [6.07, 6.45) is 0. The van der Waals surface area contributed by atoms with Crippen molar-refractivity contribution in [3.63, 3.8) is 0 Å². The molecule has 0 N–H and O–H groups in total. The Hall–Kier alpha value is -1.66. The van der Waals surface area contributed by atoms with Crippen LogP contribution in [0.25, 0.3) is 5.57 Å². The SMILES string of the molecule is CCN1C(=O)C(c2cccs2)=C(N2CCOCC2)C1=O. The van der Waals surface area contributed by atoms with Crippen molar-refractivity contribution in [2.24, 2.45) is 0 Å². The van der Waals surface area contributed by atoms with E-state index in [0.29, 0.717) is 44.1 Å². The van der Waals surface area contributed by atoms with Crippen molar-refractivity contribution in [2.75, 3.05) is 32.8 Å². The molecule has 1 aromatic heterocycles. The topological polar surface area (TPSA) is 49.9 Å². The van der Waals surface area contributed by atoms with Gasteiger partial charge in [-0.15, -0.1) is 11.3 Å². The molecule has 3 rings (SSSR count).